The summed E-state index contributed by atoms with van der Waals surface area (Å²) >= 11 is 0. The first kappa shape index (κ1) is 15.7. The van der Waals surface area contributed by atoms with E-state index in [2.05, 4.69) is 32.9 Å². The quantitative estimate of drug-likeness (QED) is 0.821. The third-order valence-electron chi connectivity index (χ3n) is 3.33. The number of rotatable bonds is 7. The second kappa shape index (κ2) is 7.95. The summed E-state index contributed by atoms with van der Waals surface area (Å²) in [5.74, 6) is 0.496. The first-order valence-corrected chi connectivity index (χ1v) is 7.11. The van der Waals surface area contributed by atoms with Gasteiger partial charge in [0, 0.05) is 25.6 Å². The number of hydrogen-bond donors (Lipinski definition) is 1. The fraction of sp³-hybridized carbons (Fsp3) is 0.562. The Kier molecular flexibility index (Phi) is 6.57. The van der Waals surface area contributed by atoms with E-state index in [0.717, 1.165) is 13.0 Å². The second-order valence-electron chi connectivity index (χ2n) is 5.41. The van der Waals surface area contributed by atoms with Crippen LogP contribution >= 0.6 is 0 Å². The number of hydrogen-bond acceptors (Lipinski definition) is 2. The number of nitrogens with zero attached hydrogens (tertiary/aromatic N) is 1. The zero-order valence-electron chi connectivity index (χ0n) is 12.3. The minimum absolute atomic E-state index is 0.0531. The normalized spacial score (nSPS) is 12.5. The number of nitrogens with two attached hydrogens (primary N) is 1. The Morgan fingerprint density at radius 1 is 1.26 bits per heavy atom. The van der Waals surface area contributed by atoms with Crippen LogP contribution in [-0.2, 0) is 11.3 Å². The largest absolute Gasteiger partial charge is 0.338 e. The fourth-order valence-corrected chi connectivity index (χ4v) is 1.93. The van der Waals surface area contributed by atoms with Gasteiger partial charge in [0.2, 0.25) is 5.91 Å². The van der Waals surface area contributed by atoms with E-state index >= 15 is 0 Å². The van der Waals surface area contributed by atoms with Crippen LogP contribution in [0.1, 0.15) is 39.2 Å². The molecule has 0 aliphatic carbocycles. The molecule has 106 valence electrons. The SMILES string of the molecule is CCCN(Cc1ccccc1)C(=O)CC(N)C(C)C. The highest BCUT2D eigenvalue weighted by Crippen LogP contribution is 2.10. The summed E-state index contributed by atoms with van der Waals surface area (Å²) in [6.45, 7) is 7.67. The molecular weight excluding hydrogens is 236 g/mol. The van der Waals surface area contributed by atoms with Gasteiger partial charge in [0.15, 0.2) is 0 Å². The molecule has 0 radical (unpaired) electrons. The van der Waals surface area contributed by atoms with Crippen molar-refractivity contribution >= 4 is 5.91 Å². The first-order valence-electron chi connectivity index (χ1n) is 7.11. The van der Waals surface area contributed by atoms with Gasteiger partial charge in [-0.1, -0.05) is 51.1 Å². The molecule has 1 aromatic rings. The Bertz CT molecular complexity index is 376. The smallest absolute Gasteiger partial charge is 0.224 e. The van der Waals surface area contributed by atoms with Crippen LogP contribution in [0.2, 0.25) is 0 Å². The van der Waals surface area contributed by atoms with Crippen LogP contribution in [0.4, 0.5) is 0 Å². The number of carbonyl (C=O) groups is 1. The van der Waals surface area contributed by atoms with Crippen molar-refractivity contribution in [1.29, 1.82) is 0 Å². The van der Waals surface area contributed by atoms with Crippen LogP contribution in [0.25, 0.3) is 0 Å². The molecule has 0 bridgehead atoms. The molecule has 1 aromatic carbocycles. The predicted molar refractivity (Wildman–Crippen MR) is 79.6 cm³/mol. The highest BCUT2D eigenvalue weighted by Gasteiger charge is 2.18. The van der Waals surface area contributed by atoms with E-state index in [9.17, 15) is 4.79 Å². The molecular formula is C16H26N2O. The number of amides is 1. The summed E-state index contributed by atoms with van der Waals surface area (Å²) in [4.78, 5) is 14.2. The lowest BCUT2D eigenvalue weighted by Crippen LogP contribution is -2.38. The van der Waals surface area contributed by atoms with Crippen molar-refractivity contribution in [2.24, 2.45) is 11.7 Å². The van der Waals surface area contributed by atoms with Crippen molar-refractivity contribution in [3.05, 3.63) is 35.9 Å². The molecule has 0 aromatic heterocycles. The van der Waals surface area contributed by atoms with Crippen LogP contribution in [-0.4, -0.2) is 23.4 Å². The van der Waals surface area contributed by atoms with E-state index in [1.807, 2.05) is 23.1 Å². The number of benzene rings is 1. The van der Waals surface area contributed by atoms with E-state index < -0.39 is 0 Å². The molecule has 2 N–H and O–H groups in total. The molecule has 1 unspecified atom stereocenters. The summed E-state index contributed by atoms with van der Waals surface area (Å²) in [6, 6.07) is 10.1. The molecule has 19 heavy (non-hydrogen) atoms. The first-order chi connectivity index (χ1) is 9.04. The Balaban J connectivity index is 2.63. The summed E-state index contributed by atoms with van der Waals surface area (Å²) in [6.07, 6.45) is 1.40. The number of carbonyl (C=O) groups excluding carboxylic acids is 1. The van der Waals surface area contributed by atoms with Gasteiger partial charge in [0.25, 0.3) is 0 Å². The Hall–Kier alpha value is -1.35. The van der Waals surface area contributed by atoms with Gasteiger partial charge in [-0.25, -0.2) is 0 Å². The van der Waals surface area contributed by atoms with Gasteiger partial charge in [-0.15, -0.1) is 0 Å². The molecule has 3 nitrogen and oxygen atoms in total. The summed E-state index contributed by atoms with van der Waals surface area (Å²) in [5.41, 5.74) is 7.17. The molecule has 0 spiro atoms. The average Bonchev–Trinajstić information content (AvgIpc) is 2.39. The summed E-state index contributed by atoms with van der Waals surface area (Å²) in [5, 5.41) is 0. The monoisotopic (exact) mass is 262 g/mol. The van der Waals surface area contributed by atoms with E-state index in [4.69, 9.17) is 5.73 Å². The maximum absolute atomic E-state index is 12.3. The lowest BCUT2D eigenvalue weighted by Gasteiger charge is -2.25. The van der Waals surface area contributed by atoms with Crippen LogP contribution < -0.4 is 5.73 Å². The molecule has 0 fully saturated rings. The molecule has 0 aliphatic heterocycles. The van der Waals surface area contributed by atoms with E-state index in [0.29, 0.717) is 18.9 Å². The van der Waals surface area contributed by atoms with Crippen molar-refractivity contribution in [3.8, 4) is 0 Å². The standard InChI is InChI=1S/C16H26N2O/c1-4-10-18(12-14-8-6-5-7-9-14)16(19)11-15(17)13(2)3/h5-9,13,15H,4,10-12,17H2,1-3H3. The third-order valence-corrected chi connectivity index (χ3v) is 3.33. The Morgan fingerprint density at radius 2 is 1.89 bits per heavy atom. The molecule has 1 amide bonds. The van der Waals surface area contributed by atoms with Crippen molar-refractivity contribution in [1.82, 2.24) is 4.90 Å². The van der Waals surface area contributed by atoms with Crippen molar-refractivity contribution in [3.63, 3.8) is 0 Å². The van der Waals surface area contributed by atoms with E-state index in [1.165, 1.54) is 5.56 Å². The van der Waals surface area contributed by atoms with Crippen molar-refractivity contribution < 1.29 is 4.79 Å². The molecule has 0 aliphatic rings. The van der Waals surface area contributed by atoms with Crippen LogP contribution in [0.5, 0.6) is 0 Å². The van der Waals surface area contributed by atoms with Gasteiger partial charge in [0.05, 0.1) is 0 Å². The zero-order valence-corrected chi connectivity index (χ0v) is 12.3. The van der Waals surface area contributed by atoms with Crippen LogP contribution in [0.3, 0.4) is 0 Å². The third kappa shape index (κ3) is 5.43. The fourth-order valence-electron chi connectivity index (χ4n) is 1.93. The second-order valence-corrected chi connectivity index (χ2v) is 5.41. The molecule has 3 heteroatoms. The molecule has 1 atom stereocenters. The van der Waals surface area contributed by atoms with Crippen LogP contribution in [0, 0.1) is 5.92 Å². The molecule has 0 saturated heterocycles. The van der Waals surface area contributed by atoms with Gasteiger partial charge in [-0.3, -0.25) is 4.79 Å². The highest BCUT2D eigenvalue weighted by molar-refractivity contribution is 5.76. The highest BCUT2D eigenvalue weighted by atomic mass is 16.2. The summed E-state index contributed by atoms with van der Waals surface area (Å²) in [7, 11) is 0. The van der Waals surface area contributed by atoms with Gasteiger partial charge < -0.3 is 10.6 Å². The van der Waals surface area contributed by atoms with Crippen molar-refractivity contribution in [2.75, 3.05) is 6.54 Å². The zero-order chi connectivity index (χ0) is 14.3. The molecule has 0 saturated carbocycles. The van der Waals surface area contributed by atoms with Gasteiger partial charge in [-0.2, -0.15) is 0 Å². The van der Waals surface area contributed by atoms with E-state index in [1.54, 1.807) is 0 Å². The molecule has 1 rings (SSSR count). The minimum atomic E-state index is -0.0531. The van der Waals surface area contributed by atoms with Crippen LogP contribution in [0.15, 0.2) is 30.3 Å². The average molecular weight is 262 g/mol. The topological polar surface area (TPSA) is 46.3 Å². The minimum Gasteiger partial charge on any atom is -0.338 e. The summed E-state index contributed by atoms with van der Waals surface area (Å²) < 4.78 is 0. The van der Waals surface area contributed by atoms with Crippen molar-refractivity contribution in [2.45, 2.75) is 46.2 Å². The Morgan fingerprint density at radius 3 is 2.42 bits per heavy atom. The maximum Gasteiger partial charge on any atom is 0.224 e. The van der Waals surface area contributed by atoms with Gasteiger partial charge >= 0.3 is 0 Å². The predicted octanol–water partition coefficient (Wildman–Crippen LogP) is 2.80. The molecule has 0 heterocycles. The lowest BCUT2D eigenvalue weighted by atomic mass is 10.0. The van der Waals surface area contributed by atoms with Gasteiger partial charge in [-0.05, 0) is 17.9 Å². The van der Waals surface area contributed by atoms with E-state index in [-0.39, 0.29) is 11.9 Å². The maximum atomic E-state index is 12.3. The lowest BCUT2D eigenvalue weighted by molar-refractivity contribution is -0.132. The Labute approximate surface area is 116 Å². The van der Waals surface area contributed by atoms with Gasteiger partial charge in [0.1, 0.15) is 0 Å².